The lowest BCUT2D eigenvalue weighted by Gasteiger charge is -2.66. The third-order valence-electron chi connectivity index (χ3n) is 10.3. The molecule has 5 nitrogen and oxygen atoms in total. The normalized spacial score (nSPS) is 42.9. The summed E-state index contributed by atoms with van der Waals surface area (Å²) in [5.41, 5.74) is 1.17. The van der Waals surface area contributed by atoms with Gasteiger partial charge < -0.3 is 14.6 Å². The zero-order chi connectivity index (χ0) is 24.3. The maximum Gasteiger partial charge on any atom is 0.338 e. The Labute approximate surface area is 202 Å². The maximum absolute atomic E-state index is 13.0. The highest BCUT2D eigenvalue weighted by Gasteiger charge is 2.68. The van der Waals surface area contributed by atoms with Crippen LogP contribution in [0.4, 0.5) is 0 Å². The van der Waals surface area contributed by atoms with Gasteiger partial charge in [0, 0.05) is 17.8 Å². The molecule has 1 aromatic rings. The van der Waals surface area contributed by atoms with E-state index in [1.807, 2.05) is 18.2 Å². The molecule has 4 aliphatic carbocycles. The highest BCUT2D eigenvalue weighted by molar-refractivity contribution is 5.89. The molecule has 34 heavy (non-hydrogen) atoms. The Hall–Kier alpha value is -2.14. The fourth-order valence-electron chi connectivity index (χ4n) is 8.69. The molecule has 4 fully saturated rings. The van der Waals surface area contributed by atoms with Crippen LogP contribution in [0.5, 0.6) is 0 Å². The fraction of sp³-hybridized carbons (Fsp3) is 0.655. The molecule has 1 unspecified atom stereocenters. The summed E-state index contributed by atoms with van der Waals surface area (Å²) in [5.74, 6) is 0.344. The number of rotatable bonds is 4. The van der Waals surface area contributed by atoms with Gasteiger partial charge >= 0.3 is 11.9 Å². The molecule has 8 atom stereocenters. The summed E-state index contributed by atoms with van der Waals surface area (Å²) in [6.45, 7) is 10.5. The van der Waals surface area contributed by atoms with E-state index in [1.54, 1.807) is 12.1 Å². The number of hydrogen-bond donors (Lipinski definition) is 1. The molecular formula is C29H38O5. The van der Waals surface area contributed by atoms with E-state index in [2.05, 4.69) is 20.4 Å². The van der Waals surface area contributed by atoms with E-state index in [9.17, 15) is 14.7 Å². The smallest absolute Gasteiger partial charge is 0.338 e. The van der Waals surface area contributed by atoms with Gasteiger partial charge in [0.1, 0.15) is 12.7 Å². The molecule has 5 heteroatoms. The van der Waals surface area contributed by atoms with Crippen molar-refractivity contribution in [3.8, 4) is 0 Å². The van der Waals surface area contributed by atoms with Crippen LogP contribution < -0.4 is 0 Å². The predicted molar refractivity (Wildman–Crippen MR) is 129 cm³/mol. The molecule has 0 aliphatic heterocycles. The van der Waals surface area contributed by atoms with E-state index in [-0.39, 0.29) is 41.4 Å². The average Bonchev–Trinajstić information content (AvgIpc) is 3.06. The standard InChI is InChI=1S/C29H38O5/c1-18-15-29-16-21(18)10-11-22(29)27(3)13-12-25(34-26(32)20-8-6-5-7-9-20)28(4,17-33-19(2)30)23(27)14-24(29)31/h5-9,21-25,31H,1,10-17H2,2-4H3/t21-,22-,23?,24-,25+,27-,28+,29-/m0/s1. The van der Waals surface area contributed by atoms with Crippen LogP contribution >= 0.6 is 0 Å². The predicted octanol–water partition coefficient (Wildman–Crippen LogP) is 5.32. The quantitative estimate of drug-likeness (QED) is 0.480. The first-order valence-electron chi connectivity index (χ1n) is 12.9. The second-order valence-electron chi connectivity index (χ2n) is 12.0. The van der Waals surface area contributed by atoms with Gasteiger partial charge in [0.05, 0.1) is 11.7 Å². The average molecular weight is 467 g/mol. The third-order valence-corrected chi connectivity index (χ3v) is 10.3. The molecule has 5 rings (SSSR count). The van der Waals surface area contributed by atoms with Crippen LogP contribution in [0.25, 0.3) is 0 Å². The Morgan fingerprint density at radius 1 is 1.12 bits per heavy atom. The van der Waals surface area contributed by atoms with Crippen LogP contribution in [0.1, 0.15) is 76.1 Å². The molecule has 4 aliphatic rings. The highest BCUT2D eigenvalue weighted by Crippen LogP contribution is 2.72. The molecule has 1 aromatic carbocycles. The Balaban J connectivity index is 1.49. The minimum Gasteiger partial charge on any atom is -0.465 e. The SMILES string of the molecule is C=C1C[C@]23C[C@@H]1CC[C@H]2[C@]1(C)CC[C@@H](OC(=O)c2ccccc2)[C@](C)(COC(C)=O)C1C[C@@H]3O. The highest BCUT2D eigenvalue weighted by atomic mass is 16.6. The van der Waals surface area contributed by atoms with Crippen molar-refractivity contribution in [1.82, 2.24) is 0 Å². The minimum absolute atomic E-state index is 0.0145. The van der Waals surface area contributed by atoms with E-state index >= 15 is 0 Å². The van der Waals surface area contributed by atoms with Gasteiger partial charge in [-0.25, -0.2) is 4.79 Å². The molecule has 1 N–H and O–H groups in total. The third kappa shape index (κ3) is 3.45. The molecule has 4 saturated carbocycles. The number of carbonyl (C=O) groups is 2. The fourth-order valence-corrected chi connectivity index (χ4v) is 8.69. The van der Waals surface area contributed by atoms with Crippen molar-refractivity contribution >= 4 is 11.9 Å². The molecule has 0 saturated heterocycles. The lowest BCUT2D eigenvalue weighted by Crippen LogP contribution is -2.65. The molecule has 0 aromatic heterocycles. The lowest BCUT2D eigenvalue weighted by molar-refractivity contribution is -0.232. The van der Waals surface area contributed by atoms with Gasteiger partial charge in [-0.3, -0.25) is 4.79 Å². The van der Waals surface area contributed by atoms with E-state index < -0.39 is 11.5 Å². The van der Waals surface area contributed by atoms with Crippen LogP contribution in [-0.4, -0.2) is 35.9 Å². The van der Waals surface area contributed by atoms with Gasteiger partial charge in [-0.1, -0.05) is 44.2 Å². The first-order chi connectivity index (χ1) is 16.1. The van der Waals surface area contributed by atoms with Crippen LogP contribution in [-0.2, 0) is 14.3 Å². The number of aliphatic hydroxyl groups is 1. The largest absolute Gasteiger partial charge is 0.465 e. The number of hydrogen-bond acceptors (Lipinski definition) is 5. The van der Waals surface area contributed by atoms with Crippen molar-refractivity contribution in [2.45, 2.75) is 77.9 Å². The van der Waals surface area contributed by atoms with Crippen LogP contribution in [0, 0.1) is 34.0 Å². The van der Waals surface area contributed by atoms with E-state index in [0.717, 1.165) is 38.5 Å². The summed E-state index contributed by atoms with van der Waals surface area (Å²) in [6, 6.07) is 9.06. The summed E-state index contributed by atoms with van der Waals surface area (Å²) in [7, 11) is 0. The summed E-state index contributed by atoms with van der Waals surface area (Å²) in [5, 5.41) is 11.7. The van der Waals surface area contributed by atoms with Crippen molar-refractivity contribution in [2.75, 3.05) is 6.61 Å². The minimum atomic E-state index is -0.571. The Bertz CT molecular complexity index is 987. The number of aliphatic hydroxyl groups excluding tert-OH is 1. The number of esters is 2. The van der Waals surface area contributed by atoms with Crippen molar-refractivity contribution in [3.63, 3.8) is 0 Å². The lowest BCUT2D eigenvalue weighted by atomic mass is 9.40. The summed E-state index contributed by atoms with van der Waals surface area (Å²) < 4.78 is 11.8. The Morgan fingerprint density at radius 2 is 1.85 bits per heavy atom. The first-order valence-corrected chi connectivity index (χ1v) is 12.9. The molecule has 0 amide bonds. The van der Waals surface area contributed by atoms with Gasteiger partial charge in [-0.2, -0.15) is 0 Å². The van der Waals surface area contributed by atoms with Crippen molar-refractivity contribution in [2.24, 2.45) is 34.0 Å². The van der Waals surface area contributed by atoms with Gasteiger partial charge in [-0.15, -0.1) is 0 Å². The monoisotopic (exact) mass is 466 g/mol. The van der Waals surface area contributed by atoms with E-state index in [4.69, 9.17) is 9.47 Å². The zero-order valence-corrected chi connectivity index (χ0v) is 20.7. The van der Waals surface area contributed by atoms with Crippen molar-refractivity contribution < 1.29 is 24.2 Å². The molecular weight excluding hydrogens is 428 g/mol. The topological polar surface area (TPSA) is 72.8 Å². The second-order valence-corrected chi connectivity index (χ2v) is 12.0. The van der Waals surface area contributed by atoms with Crippen LogP contribution in [0.3, 0.4) is 0 Å². The summed E-state index contributed by atoms with van der Waals surface area (Å²) >= 11 is 0. The first kappa shape index (κ1) is 23.6. The van der Waals surface area contributed by atoms with E-state index in [0.29, 0.717) is 23.8 Å². The number of allylic oxidation sites excluding steroid dienone is 1. The summed E-state index contributed by atoms with van der Waals surface area (Å²) in [4.78, 5) is 24.9. The number of fused-ring (bicyclic) bond motifs is 3. The number of ether oxygens (including phenoxy) is 2. The number of carbonyl (C=O) groups excluding carboxylic acids is 2. The van der Waals surface area contributed by atoms with Crippen molar-refractivity contribution in [3.05, 3.63) is 48.0 Å². The molecule has 184 valence electrons. The zero-order valence-electron chi connectivity index (χ0n) is 20.7. The van der Waals surface area contributed by atoms with Crippen molar-refractivity contribution in [1.29, 1.82) is 0 Å². The second kappa shape index (κ2) is 8.22. The van der Waals surface area contributed by atoms with Gasteiger partial charge in [0.15, 0.2) is 0 Å². The molecule has 0 radical (unpaired) electrons. The molecule has 1 spiro atoms. The molecule has 0 heterocycles. The summed E-state index contributed by atoms with van der Waals surface area (Å²) in [6.07, 6.45) is 5.74. The maximum atomic E-state index is 13.0. The Kier molecular flexibility index (Phi) is 5.70. The van der Waals surface area contributed by atoms with E-state index in [1.165, 1.54) is 12.5 Å². The number of benzene rings is 1. The van der Waals surface area contributed by atoms with Gasteiger partial charge in [0.25, 0.3) is 0 Å². The Morgan fingerprint density at radius 3 is 2.56 bits per heavy atom. The van der Waals surface area contributed by atoms with Gasteiger partial charge in [-0.05, 0) is 80.2 Å². The molecule has 2 bridgehead atoms. The van der Waals surface area contributed by atoms with Crippen LogP contribution in [0.2, 0.25) is 0 Å². The van der Waals surface area contributed by atoms with Crippen LogP contribution in [0.15, 0.2) is 42.5 Å². The van der Waals surface area contributed by atoms with Gasteiger partial charge in [0.2, 0.25) is 0 Å².